The number of benzene rings is 1. The van der Waals surface area contributed by atoms with Crippen LogP contribution in [0.2, 0.25) is 0 Å². The summed E-state index contributed by atoms with van der Waals surface area (Å²) < 4.78 is 0. The summed E-state index contributed by atoms with van der Waals surface area (Å²) in [5.41, 5.74) is 6.51. The summed E-state index contributed by atoms with van der Waals surface area (Å²) in [7, 11) is 0. The van der Waals surface area contributed by atoms with E-state index < -0.39 is 11.4 Å². The van der Waals surface area contributed by atoms with Crippen LogP contribution < -0.4 is 5.73 Å². The summed E-state index contributed by atoms with van der Waals surface area (Å²) in [6.45, 7) is 0. The number of hydrogen-bond donors (Lipinski definition) is 2. The minimum Gasteiger partial charge on any atom is -0.481 e. The van der Waals surface area contributed by atoms with Crippen LogP contribution in [-0.2, 0) is 10.2 Å². The molecule has 0 aromatic heterocycles. The van der Waals surface area contributed by atoms with E-state index in [4.69, 9.17) is 5.73 Å². The largest absolute Gasteiger partial charge is 0.481 e. The average molecular weight is 242 g/mol. The molecule has 0 amide bonds. The van der Waals surface area contributed by atoms with E-state index in [1.165, 1.54) is 0 Å². The lowest BCUT2D eigenvalue weighted by atomic mass is 9.79. The Morgan fingerprint density at radius 1 is 1.19 bits per heavy atom. The fourth-order valence-corrected chi connectivity index (χ4v) is 2.41. The Balaban J connectivity index is 0.00000128. The predicted molar refractivity (Wildman–Crippen MR) is 65.9 cm³/mol. The number of carboxylic acid groups (broad SMARTS) is 1. The molecule has 3 N–H and O–H groups in total. The van der Waals surface area contributed by atoms with Gasteiger partial charge in [-0.25, -0.2) is 0 Å². The highest BCUT2D eigenvalue weighted by molar-refractivity contribution is 5.85. The van der Waals surface area contributed by atoms with E-state index in [-0.39, 0.29) is 12.4 Å². The van der Waals surface area contributed by atoms with Gasteiger partial charge in [-0.05, 0) is 30.5 Å². The molecule has 1 aliphatic carbocycles. The molecule has 88 valence electrons. The lowest BCUT2D eigenvalue weighted by Crippen LogP contribution is -2.32. The van der Waals surface area contributed by atoms with Gasteiger partial charge in [-0.2, -0.15) is 0 Å². The number of hydrogen-bond acceptors (Lipinski definition) is 2. The normalized spacial score (nSPS) is 17.8. The van der Waals surface area contributed by atoms with Crippen molar-refractivity contribution >= 4 is 24.1 Å². The molecule has 16 heavy (non-hydrogen) atoms. The van der Waals surface area contributed by atoms with Crippen LogP contribution in [0.25, 0.3) is 0 Å². The van der Waals surface area contributed by atoms with Crippen LogP contribution in [-0.4, -0.2) is 11.1 Å². The Kier molecular flexibility index (Phi) is 3.81. The maximum Gasteiger partial charge on any atom is 0.314 e. The van der Waals surface area contributed by atoms with E-state index in [0.717, 1.165) is 31.2 Å². The highest BCUT2D eigenvalue weighted by atomic mass is 35.5. The van der Waals surface area contributed by atoms with Gasteiger partial charge in [-0.15, -0.1) is 12.4 Å². The van der Waals surface area contributed by atoms with Crippen LogP contribution >= 0.6 is 12.4 Å². The molecule has 3 nitrogen and oxygen atoms in total. The van der Waals surface area contributed by atoms with Crippen molar-refractivity contribution in [2.24, 2.45) is 0 Å². The number of halogens is 1. The molecular weight excluding hydrogens is 226 g/mol. The molecule has 0 bridgehead atoms. The topological polar surface area (TPSA) is 63.3 Å². The Morgan fingerprint density at radius 3 is 2.12 bits per heavy atom. The van der Waals surface area contributed by atoms with Crippen molar-refractivity contribution in [3.8, 4) is 0 Å². The van der Waals surface area contributed by atoms with Crippen LogP contribution in [0.4, 0.5) is 5.69 Å². The number of nitrogen functional groups attached to an aromatic ring is 1. The van der Waals surface area contributed by atoms with E-state index >= 15 is 0 Å². The van der Waals surface area contributed by atoms with E-state index in [2.05, 4.69) is 0 Å². The minimum absolute atomic E-state index is 0. The summed E-state index contributed by atoms with van der Waals surface area (Å²) in [5.74, 6) is -0.704. The highest BCUT2D eigenvalue weighted by Crippen LogP contribution is 2.41. The van der Waals surface area contributed by atoms with E-state index in [0.29, 0.717) is 5.69 Å². The molecule has 1 aliphatic rings. The first-order chi connectivity index (χ1) is 7.15. The van der Waals surface area contributed by atoms with Crippen LogP contribution in [0.1, 0.15) is 31.2 Å². The van der Waals surface area contributed by atoms with Crippen molar-refractivity contribution in [2.75, 3.05) is 5.73 Å². The number of anilines is 1. The zero-order chi connectivity index (χ0) is 10.9. The van der Waals surface area contributed by atoms with Crippen molar-refractivity contribution in [3.05, 3.63) is 29.8 Å². The molecular formula is C12H16ClNO2. The van der Waals surface area contributed by atoms with Crippen molar-refractivity contribution in [2.45, 2.75) is 31.1 Å². The summed E-state index contributed by atoms with van der Waals surface area (Å²) in [4.78, 5) is 11.4. The quantitative estimate of drug-likeness (QED) is 0.783. The fourth-order valence-electron chi connectivity index (χ4n) is 2.41. The van der Waals surface area contributed by atoms with E-state index in [1.54, 1.807) is 12.1 Å². The average Bonchev–Trinajstić information content (AvgIpc) is 2.69. The van der Waals surface area contributed by atoms with Gasteiger partial charge in [0, 0.05) is 5.69 Å². The molecule has 0 aliphatic heterocycles. The van der Waals surface area contributed by atoms with Gasteiger partial charge < -0.3 is 10.8 Å². The number of rotatable bonds is 2. The van der Waals surface area contributed by atoms with Crippen molar-refractivity contribution in [3.63, 3.8) is 0 Å². The molecule has 4 heteroatoms. The Morgan fingerprint density at radius 2 is 1.69 bits per heavy atom. The van der Waals surface area contributed by atoms with Crippen molar-refractivity contribution in [1.29, 1.82) is 0 Å². The summed E-state index contributed by atoms with van der Waals surface area (Å²) in [6, 6.07) is 7.24. The zero-order valence-corrected chi connectivity index (χ0v) is 9.80. The molecule has 0 heterocycles. The SMILES string of the molecule is Cl.Nc1ccc(C2(C(=O)O)CCCC2)cc1. The van der Waals surface area contributed by atoms with Gasteiger partial charge in [0.15, 0.2) is 0 Å². The van der Waals surface area contributed by atoms with Gasteiger partial charge in [0.1, 0.15) is 0 Å². The monoisotopic (exact) mass is 241 g/mol. The second-order valence-corrected chi connectivity index (χ2v) is 4.22. The number of carboxylic acids is 1. The van der Waals surface area contributed by atoms with Crippen LogP contribution in [0.5, 0.6) is 0 Å². The van der Waals surface area contributed by atoms with Crippen molar-refractivity contribution < 1.29 is 9.90 Å². The third-order valence-corrected chi connectivity index (χ3v) is 3.33. The highest BCUT2D eigenvalue weighted by Gasteiger charge is 2.42. The van der Waals surface area contributed by atoms with Crippen LogP contribution in [0, 0.1) is 0 Å². The summed E-state index contributed by atoms with van der Waals surface area (Å²) in [5, 5.41) is 9.36. The Hall–Kier alpha value is -1.22. The third kappa shape index (κ3) is 2.00. The molecule has 2 rings (SSSR count). The number of aliphatic carboxylic acids is 1. The van der Waals surface area contributed by atoms with Crippen LogP contribution in [0.15, 0.2) is 24.3 Å². The van der Waals surface area contributed by atoms with Gasteiger partial charge in [-0.3, -0.25) is 4.79 Å². The number of nitrogens with two attached hydrogens (primary N) is 1. The van der Waals surface area contributed by atoms with Gasteiger partial charge in [0.25, 0.3) is 0 Å². The molecule has 1 aromatic carbocycles. The first-order valence-corrected chi connectivity index (χ1v) is 5.24. The van der Waals surface area contributed by atoms with Gasteiger partial charge in [0.2, 0.25) is 0 Å². The van der Waals surface area contributed by atoms with Gasteiger partial charge in [-0.1, -0.05) is 25.0 Å². The lowest BCUT2D eigenvalue weighted by Gasteiger charge is -2.24. The molecule has 0 saturated heterocycles. The first kappa shape index (κ1) is 12.8. The second kappa shape index (κ2) is 4.74. The summed E-state index contributed by atoms with van der Waals surface area (Å²) >= 11 is 0. The molecule has 1 fully saturated rings. The minimum atomic E-state index is -0.704. The van der Waals surface area contributed by atoms with Gasteiger partial charge >= 0.3 is 5.97 Å². The molecule has 1 aromatic rings. The fraction of sp³-hybridized carbons (Fsp3) is 0.417. The predicted octanol–water partition coefficient (Wildman–Crippen LogP) is 2.59. The molecule has 0 radical (unpaired) electrons. The molecule has 1 saturated carbocycles. The second-order valence-electron chi connectivity index (χ2n) is 4.22. The smallest absolute Gasteiger partial charge is 0.314 e. The van der Waals surface area contributed by atoms with Crippen LogP contribution in [0.3, 0.4) is 0 Å². The van der Waals surface area contributed by atoms with Gasteiger partial charge in [0.05, 0.1) is 5.41 Å². The lowest BCUT2D eigenvalue weighted by molar-refractivity contribution is -0.143. The molecule has 0 spiro atoms. The van der Waals surface area contributed by atoms with E-state index in [9.17, 15) is 9.90 Å². The summed E-state index contributed by atoms with van der Waals surface area (Å²) in [6.07, 6.45) is 3.48. The molecule has 0 atom stereocenters. The zero-order valence-electron chi connectivity index (χ0n) is 8.98. The van der Waals surface area contributed by atoms with E-state index in [1.807, 2.05) is 12.1 Å². The molecule has 0 unspecified atom stereocenters. The van der Waals surface area contributed by atoms with Crippen molar-refractivity contribution in [1.82, 2.24) is 0 Å². The third-order valence-electron chi connectivity index (χ3n) is 3.33. The number of carbonyl (C=O) groups is 1. The maximum atomic E-state index is 11.4. The first-order valence-electron chi connectivity index (χ1n) is 5.24. The standard InChI is InChI=1S/C12H15NO2.ClH/c13-10-5-3-9(4-6-10)12(11(14)15)7-1-2-8-12;/h3-6H,1-2,7-8,13H2,(H,14,15);1H. The Bertz CT molecular complexity index is 369. The Labute approximate surface area is 101 Å². The maximum absolute atomic E-state index is 11.4.